The summed E-state index contributed by atoms with van der Waals surface area (Å²) >= 11 is 1.27. The number of fused-ring (bicyclic) bond motifs is 1. The predicted molar refractivity (Wildman–Crippen MR) is 90.7 cm³/mol. The Labute approximate surface area is 147 Å². The maximum Gasteiger partial charge on any atom is 0.279 e. The number of nitrogens with zero attached hydrogens (tertiary/aromatic N) is 1. The standard InChI is InChI=1S/C16H15N3O5S/c1-10(11-4-5-12-13(7-11)23-9-22-12)19-24-8-15(20)17-18-16(21)14-3-2-6-25-14/h2-7H,8-9H2,1H3,(H,17,20)(H,18,21)/b19-10-. The van der Waals surface area contributed by atoms with E-state index in [-0.39, 0.29) is 19.3 Å². The molecule has 9 heteroatoms. The van der Waals surface area contributed by atoms with Crippen molar-refractivity contribution in [3.8, 4) is 11.5 Å². The quantitative estimate of drug-likeness (QED) is 0.624. The third-order valence-electron chi connectivity index (χ3n) is 3.25. The predicted octanol–water partition coefficient (Wildman–Crippen LogP) is 1.68. The minimum atomic E-state index is -0.521. The van der Waals surface area contributed by atoms with E-state index >= 15 is 0 Å². The van der Waals surface area contributed by atoms with E-state index in [4.69, 9.17) is 14.3 Å². The minimum Gasteiger partial charge on any atom is -0.454 e. The molecule has 2 N–H and O–H groups in total. The lowest BCUT2D eigenvalue weighted by Crippen LogP contribution is -2.42. The van der Waals surface area contributed by atoms with Crippen LogP contribution < -0.4 is 20.3 Å². The SMILES string of the molecule is C/C(=N/OCC(=O)NNC(=O)c1cccs1)c1ccc2c(c1)OCO2. The van der Waals surface area contributed by atoms with Crippen molar-refractivity contribution in [2.45, 2.75) is 6.92 Å². The van der Waals surface area contributed by atoms with E-state index in [2.05, 4.69) is 16.0 Å². The molecule has 2 amide bonds. The number of amides is 2. The molecule has 1 aromatic carbocycles. The number of benzene rings is 1. The highest BCUT2D eigenvalue weighted by molar-refractivity contribution is 7.12. The maximum absolute atomic E-state index is 11.7. The largest absolute Gasteiger partial charge is 0.454 e. The van der Waals surface area contributed by atoms with Gasteiger partial charge in [-0.1, -0.05) is 11.2 Å². The van der Waals surface area contributed by atoms with Gasteiger partial charge in [0.05, 0.1) is 10.6 Å². The van der Waals surface area contributed by atoms with Crippen LogP contribution >= 0.6 is 11.3 Å². The van der Waals surface area contributed by atoms with Crippen molar-refractivity contribution < 1.29 is 23.9 Å². The van der Waals surface area contributed by atoms with Gasteiger partial charge in [-0.15, -0.1) is 11.3 Å². The van der Waals surface area contributed by atoms with Crippen LogP contribution in [0.15, 0.2) is 40.9 Å². The Bertz CT molecular complexity index is 804. The van der Waals surface area contributed by atoms with Gasteiger partial charge in [0.1, 0.15) is 0 Å². The topological polar surface area (TPSA) is 98.2 Å². The van der Waals surface area contributed by atoms with Gasteiger partial charge in [-0.3, -0.25) is 20.4 Å². The van der Waals surface area contributed by atoms with E-state index in [1.807, 2.05) is 6.07 Å². The van der Waals surface area contributed by atoms with Gasteiger partial charge in [0, 0.05) is 5.56 Å². The molecule has 0 unspecified atom stereocenters. The molecule has 0 atom stereocenters. The first kappa shape index (κ1) is 16.8. The molecule has 0 saturated heterocycles. The number of carbonyl (C=O) groups excluding carboxylic acids is 2. The smallest absolute Gasteiger partial charge is 0.279 e. The van der Waals surface area contributed by atoms with Gasteiger partial charge in [-0.25, -0.2) is 0 Å². The Kier molecular flexibility index (Phi) is 5.14. The van der Waals surface area contributed by atoms with Crippen LogP contribution in [0.3, 0.4) is 0 Å². The Morgan fingerprint density at radius 1 is 1.24 bits per heavy atom. The number of oxime groups is 1. The number of carbonyl (C=O) groups is 2. The number of hydrazine groups is 1. The number of hydrogen-bond acceptors (Lipinski definition) is 7. The Morgan fingerprint density at radius 3 is 2.88 bits per heavy atom. The third kappa shape index (κ3) is 4.27. The molecule has 0 radical (unpaired) electrons. The fourth-order valence-corrected chi connectivity index (χ4v) is 2.61. The normalized spacial score (nSPS) is 12.6. The molecule has 0 spiro atoms. The summed E-state index contributed by atoms with van der Waals surface area (Å²) in [6, 6.07) is 8.78. The van der Waals surface area contributed by atoms with E-state index in [1.54, 1.807) is 36.6 Å². The lowest BCUT2D eigenvalue weighted by molar-refractivity contribution is -0.126. The van der Waals surface area contributed by atoms with Gasteiger partial charge >= 0.3 is 0 Å². The van der Waals surface area contributed by atoms with Crippen molar-refractivity contribution in [1.29, 1.82) is 0 Å². The summed E-state index contributed by atoms with van der Waals surface area (Å²) in [4.78, 5) is 28.8. The van der Waals surface area contributed by atoms with Crippen molar-refractivity contribution in [2.75, 3.05) is 13.4 Å². The lowest BCUT2D eigenvalue weighted by atomic mass is 10.1. The van der Waals surface area contributed by atoms with Crippen LogP contribution in [0.5, 0.6) is 11.5 Å². The van der Waals surface area contributed by atoms with Crippen molar-refractivity contribution in [3.63, 3.8) is 0 Å². The van der Waals surface area contributed by atoms with Crippen LogP contribution in [0.1, 0.15) is 22.2 Å². The molecular formula is C16H15N3O5S. The molecule has 25 heavy (non-hydrogen) atoms. The number of hydrogen-bond donors (Lipinski definition) is 2. The van der Waals surface area contributed by atoms with Gasteiger partial charge in [0.2, 0.25) is 6.79 Å². The van der Waals surface area contributed by atoms with Crippen molar-refractivity contribution in [2.24, 2.45) is 5.16 Å². The molecule has 3 rings (SSSR count). The highest BCUT2D eigenvalue weighted by Gasteiger charge is 2.14. The molecule has 0 saturated carbocycles. The molecule has 1 aliphatic heterocycles. The van der Waals surface area contributed by atoms with Gasteiger partial charge in [-0.05, 0) is 36.6 Å². The van der Waals surface area contributed by atoms with Crippen LogP contribution in [-0.4, -0.2) is 30.9 Å². The first-order valence-electron chi connectivity index (χ1n) is 7.33. The number of nitrogens with one attached hydrogen (secondary N) is 2. The van der Waals surface area contributed by atoms with Gasteiger partial charge < -0.3 is 14.3 Å². The van der Waals surface area contributed by atoms with Crippen molar-refractivity contribution in [3.05, 3.63) is 46.2 Å². The maximum atomic E-state index is 11.7. The van der Waals surface area contributed by atoms with Crippen LogP contribution in [0, 0.1) is 0 Å². The highest BCUT2D eigenvalue weighted by atomic mass is 32.1. The summed E-state index contributed by atoms with van der Waals surface area (Å²) in [6.45, 7) is 1.61. The zero-order chi connectivity index (χ0) is 17.6. The molecule has 0 aliphatic carbocycles. The van der Waals surface area contributed by atoms with Gasteiger partial charge in [-0.2, -0.15) is 0 Å². The summed E-state index contributed by atoms with van der Waals surface area (Å²) in [5, 5.41) is 5.66. The van der Waals surface area contributed by atoms with E-state index in [0.29, 0.717) is 22.1 Å². The second-order valence-electron chi connectivity index (χ2n) is 5.00. The summed E-state index contributed by atoms with van der Waals surface area (Å²) in [7, 11) is 0. The van der Waals surface area contributed by atoms with Crippen molar-refractivity contribution >= 4 is 28.9 Å². The average molecular weight is 361 g/mol. The zero-order valence-electron chi connectivity index (χ0n) is 13.3. The summed E-state index contributed by atoms with van der Waals surface area (Å²) in [5.74, 6) is 0.412. The first-order valence-corrected chi connectivity index (χ1v) is 8.21. The second-order valence-corrected chi connectivity index (χ2v) is 5.95. The number of rotatable bonds is 5. The molecule has 0 fully saturated rings. The van der Waals surface area contributed by atoms with E-state index < -0.39 is 5.91 Å². The molecule has 1 aliphatic rings. The van der Waals surface area contributed by atoms with Crippen LogP contribution in [-0.2, 0) is 9.63 Å². The monoisotopic (exact) mass is 361 g/mol. The summed E-state index contributed by atoms with van der Waals surface area (Å²) in [6.07, 6.45) is 0. The molecule has 130 valence electrons. The highest BCUT2D eigenvalue weighted by Crippen LogP contribution is 2.32. The molecule has 8 nitrogen and oxygen atoms in total. The molecule has 2 heterocycles. The zero-order valence-corrected chi connectivity index (χ0v) is 14.1. The Morgan fingerprint density at radius 2 is 2.08 bits per heavy atom. The second kappa shape index (κ2) is 7.67. The molecule has 1 aromatic heterocycles. The Hall–Kier alpha value is -3.07. The third-order valence-corrected chi connectivity index (χ3v) is 4.12. The lowest BCUT2D eigenvalue weighted by Gasteiger charge is -2.06. The van der Waals surface area contributed by atoms with Gasteiger partial charge in [0.15, 0.2) is 18.1 Å². The molecular weight excluding hydrogens is 346 g/mol. The minimum absolute atomic E-state index is 0.197. The number of thiophene rings is 1. The summed E-state index contributed by atoms with van der Waals surface area (Å²) < 4.78 is 10.5. The molecule has 0 bridgehead atoms. The number of ether oxygens (including phenoxy) is 2. The van der Waals surface area contributed by atoms with Crippen molar-refractivity contribution in [1.82, 2.24) is 10.9 Å². The first-order chi connectivity index (χ1) is 12.1. The van der Waals surface area contributed by atoms with Crippen LogP contribution in [0.2, 0.25) is 0 Å². The van der Waals surface area contributed by atoms with E-state index in [0.717, 1.165) is 5.56 Å². The fraction of sp³-hybridized carbons (Fsp3) is 0.188. The van der Waals surface area contributed by atoms with Crippen LogP contribution in [0.4, 0.5) is 0 Å². The average Bonchev–Trinajstić information content (AvgIpc) is 3.30. The fourth-order valence-electron chi connectivity index (χ4n) is 1.99. The van der Waals surface area contributed by atoms with E-state index in [1.165, 1.54) is 11.3 Å². The van der Waals surface area contributed by atoms with E-state index in [9.17, 15) is 9.59 Å². The Balaban J connectivity index is 1.45. The summed E-state index contributed by atoms with van der Waals surface area (Å²) in [5.41, 5.74) is 5.92. The van der Waals surface area contributed by atoms with Crippen LogP contribution in [0.25, 0.3) is 0 Å². The van der Waals surface area contributed by atoms with Gasteiger partial charge in [0.25, 0.3) is 11.8 Å². The molecule has 2 aromatic rings.